The fraction of sp³-hybridized carbons (Fsp3) is 0.286. The average Bonchev–Trinajstić information content (AvgIpc) is 2.83. The van der Waals surface area contributed by atoms with E-state index in [4.69, 9.17) is 5.73 Å². The van der Waals surface area contributed by atoms with Crippen molar-refractivity contribution in [1.29, 1.82) is 0 Å². The van der Waals surface area contributed by atoms with Gasteiger partial charge in [0.25, 0.3) is 0 Å². The molecule has 2 heteroatoms. The molecule has 1 unspecified atom stereocenters. The van der Waals surface area contributed by atoms with Gasteiger partial charge in [-0.25, -0.2) is 0 Å². The molecule has 1 heterocycles. The van der Waals surface area contributed by atoms with Crippen molar-refractivity contribution in [3.63, 3.8) is 0 Å². The molecule has 0 fully saturated rings. The Morgan fingerprint density at radius 3 is 2.50 bits per heavy atom. The van der Waals surface area contributed by atoms with Gasteiger partial charge in [0, 0.05) is 4.88 Å². The van der Waals surface area contributed by atoms with Crippen LogP contribution >= 0.6 is 11.3 Å². The van der Waals surface area contributed by atoms with Crippen molar-refractivity contribution in [2.45, 2.75) is 19.3 Å². The summed E-state index contributed by atoms with van der Waals surface area (Å²) in [6.07, 6.45) is 1.05. The van der Waals surface area contributed by atoms with Crippen LogP contribution in [-0.4, -0.2) is 6.54 Å². The van der Waals surface area contributed by atoms with Gasteiger partial charge in [0.15, 0.2) is 0 Å². The van der Waals surface area contributed by atoms with Gasteiger partial charge in [0.2, 0.25) is 0 Å². The largest absolute Gasteiger partial charge is 0.330 e. The van der Waals surface area contributed by atoms with Crippen LogP contribution < -0.4 is 5.73 Å². The topological polar surface area (TPSA) is 26.0 Å². The summed E-state index contributed by atoms with van der Waals surface area (Å²) in [5.41, 5.74) is 8.26. The molecule has 1 atom stereocenters. The first kappa shape index (κ1) is 11.4. The maximum atomic E-state index is 5.58. The molecular weight excluding hydrogens is 214 g/mol. The maximum absolute atomic E-state index is 5.58. The minimum atomic E-state index is 0.558. The van der Waals surface area contributed by atoms with Crippen LogP contribution in [0, 0.1) is 0 Å². The second kappa shape index (κ2) is 5.28. The maximum Gasteiger partial charge on any atom is 0.0342 e. The van der Waals surface area contributed by atoms with E-state index in [1.807, 2.05) is 0 Å². The number of hydrogen-bond acceptors (Lipinski definition) is 2. The molecule has 0 aliphatic heterocycles. The van der Waals surface area contributed by atoms with Gasteiger partial charge in [0.05, 0.1) is 0 Å². The standard InChI is InChI=1S/C14H17NS/c1-11(8-9-15)12-4-6-13(7-5-12)14-3-2-10-16-14/h2-7,10-11H,8-9,15H2,1H3. The lowest BCUT2D eigenvalue weighted by Gasteiger charge is -2.10. The van der Waals surface area contributed by atoms with E-state index in [1.165, 1.54) is 16.0 Å². The second-order valence-corrected chi connectivity index (χ2v) is 5.03. The normalized spacial score (nSPS) is 12.6. The lowest BCUT2D eigenvalue weighted by atomic mass is 9.97. The van der Waals surface area contributed by atoms with Crippen LogP contribution in [0.15, 0.2) is 41.8 Å². The first-order valence-electron chi connectivity index (χ1n) is 5.65. The highest BCUT2D eigenvalue weighted by atomic mass is 32.1. The zero-order valence-corrected chi connectivity index (χ0v) is 10.3. The van der Waals surface area contributed by atoms with Crippen LogP contribution in [0.25, 0.3) is 10.4 Å². The summed E-state index contributed by atoms with van der Waals surface area (Å²) >= 11 is 1.78. The molecule has 1 aromatic carbocycles. The Morgan fingerprint density at radius 1 is 1.19 bits per heavy atom. The molecule has 1 aromatic heterocycles. The molecule has 2 N–H and O–H groups in total. The fourth-order valence-corrected chi connectivity index (χ4v) is 2.57. The molecule has 0 amide bonds. The van der Waals surface area contributed by atoms with Gasteiger partial charge in [-0.2, -0.15) is 0 Å². The number of rotatable bonds is 4. The van der Waals surface area contributed by atoms with Crippen LogP contribution in [0.5, 0.6) is 0 Å². The molecule has 0 bridgehead atoms. The van der Waals surface area contributed by atoms with Crippen molar-refractivity contribution in [3.05, 3.63) is 47.3 Å². The van der Waals surface area contributed by atoms with Crippen molar-refractivity contribution in [1.82, 2.24) is 0 Å². The molecule has 84 valence electrons. The van der Waals surface area contributed by atoms with Crippen molar-refractivity contribution < 1.29 is 0 Å². The number of nitrogens with two attached hydrogens (primary N) is 1. The molecule has 2 rings (SSSR count). The third kappa shape index (κ3) is 2.52. The molecule has 1 nitrogen and oxygen atoms in total. The predicted molar refractivity (Wildman–Crippen MR) is 71.8 cm³/mol. The van der Waals surface area contributed by atoms with Crippen LogP contribution in [0.2, 0.25) is 0 Å². The summed E-state index contributed by atoms with van der Waals surface area (Å²) in [6.45, 7) is 2.99. The molecule has 0 saturated carbocycles. The Balaban J connectivity index is 2.16. The van der Waals surface area contributed by atoms with E-state index >= 15 is 0 Å². The monoisotopic (exact) mass is 231 g/mol. The van der Waals surface area contributed by atoms with Crippen molar-refractivity contribution >= 4 is 11.3 Å². The highest BCUT2D eigenvalue weighted by Crippen LogP contribution is 2.27. The van der Waals surface area contributed by atoms with E-state index in [2.05, 4.69) is 48.7 Å². The van der Waals surface area contributed by atoms with Gasteiger partial charge in [-0.05, 0) is 41.5 Å². The molecule has 2 aromatic rings. The summed E-state index contributed by atoms with van der Waals surface area (Å²) < 4.78 is 0. The van der Waals surface area contributed by atoms with E-state index in [1.54, 1.807) is 11.3 Å². The van der Waals surface area contributed by atoms with Crippen LogP contribution in [0.3, 0.4) is 0 Å². The Hall–Kier alpha value is -1.12. The van der Waals surface area contributed by atoms with Gasteiger partial charge in [-0.3, -0.25) is 0 Å². The minimum Gasteiger partial charge on any atom is -0.330 e. The van der Waals surface area contributed by atoms with E-state index in [0.717, 1.165) is 13.0 Å². The number of thiophene rings is 1. The molecule has 0 aliphatic rings. The Bertz CT molecular complexity index is 417. The highest BCUT2D eigenvalue weighted by Gasteiger charge is 2.04. The third-order valence-electron chi connectivity index (χ3n) is 2.89. The fourth-order valence-electron chi connectivity index (χ4n) is 1.84. The predicted octanol–water partition coefficient (Wildman–Crippen LogP) is 3.87. The zero-order valence-electron chi connectivity index (χ0n) is 9.52. The van der Waals surface area contributed by atoms with Crippen LogP contribution in [-0.2, 0) is 0 Å². The minimum absolute atomic E-state index is 0.558. The first-order valence-corrected chi connectivity index (χ1v) is 6.53. The third-order valence-corrected chi connectivity index (χ3v) is 3.80. The highest BCUT2D eigenvalue weighted by molar-refractivity contribution is 7.13. The van der Waals surface area contributed by atoms with E-state index in [0.29, 0.717) is 5.92 Å². The lowest BCUT2D eigenvalue weighted by Crippen LogP contribution is -2.04. The molecule has 0 radical (unpaired) electrons. The molecule has 16 heavy (non-hydrogen) atoms. The summed E-state index contributed by atoms with van der Waals surface area (Å²) in [7, 11) is 0. The SMILES string of the molecule is CC(CCN)c1ccc(-c2cccs2)cc1. The van der Waals surface area contributed by atoms with Crippen molar-refractivity contribution in [2.75, 3.05) is 6.54 Å². The number of benzene rings is 1. The van der Waals surface area contributed by atoms with Gasteiger partial charge < -0.3 is 5.73 Å². The van der Waals surface area contributed by atoms with E-state index in [9.17, 15) is 0 Å². The summed E-state index contributed by atoms with van der Waals surface area (Å²) in [6, 6.07) is 13.1. The summed E-state index contributed by atoms with van der Waals surface area (Å²) in [4.78, 5) is 1.33. The summed E-state index contributed by atoms with van der Waals surface area (Å²) in [5, 5.41) is 2.11. The van der Waals surface area contributed by atoms with E-state index in [-0.39, 0.29) is 0 Å². The summed E-state index contributed by atoms with van der Waals surface area (Å²) in [5.74, 6) is 0.558. The van der Waals surface area contributed by atoms with Gasteiger partial charge >= 0.3 is 0 Å². The lowest BCUT2D eigenvalue weighted by molar-refractivity contribution is 0.690. The van der Waals surface area contributed by atoms with Gasteiger partial charge in [-0.1, -0.05) is 37.3 Å². The quantitative estimate of drug-likeness (QED) is 0.849. The van der Waals surface area contributed by atoms with Crippen molar-refractivity contribution in [2.24, 2.45) is 5.73 Å². The zero-order chi connectivity index (χ0) is 11.4. The molecule has 0 aliphatic carbocycles. The smallest absolute Gasteiger partial charge is 0.0342 e. The number of hydrogen-bond donors (Lipinski definition) is 1. The first-order chi connectivity index (χ1) is 7.81. The van der Waals surface area contributed by atoms with Gasteiger partial charge in [0.1, 0.15) is 0 Å². The van der Waals surface area contributed by atoms with Gasteiger partial charge in [-0.15, -0.1) is 11.3 Å². The molecule has 0 spiro atoms. The Labute approximate surface area is 101 Å². The molecule has 0 saturated heterocycles. The Morgan fingerprint density at radius 2 is 1.94 bits per heavy atom. The van der Waals surface area contributed by atoms with Crippen molar-refractivity contribution in [3.8, 4) is 10.4 Å². The van der Waals surface area contributed by atoms with Crippen LogP contribution in [0.1, 0.15) is 24.8 Å². The Kier molecular flexibility index (Phi) is 3.75. The van der Waals surface area contributed by atoms with E-state index < -0.39 is 0 Å². The second-order valence-electron chi connectivity index (χ2n) is 4.08. The average molecular weight is 231 g/mol. The molecular formula is C14H17NS. The van der Waals surface area contributed by atoms with Crippen LogP contribution in [0.4, 0.5) is 0 Å².